The van der Waals surface area contributed by atoms with Crippen LogP contribution in [0.2, 0.25) is 0 Å². The molecule has 3 aromatic rings. The summed E-state index contributed by atoms with van der Waals surface area (Å²) in [6.45, 7) is 7.86. The molecule has 0 aliphatic carbocycles. The van der Waals surface area contributed by atoms with Gasteiger partial charge in [-0.2, -0.15) is 0 Å². The van der Waals surface area contributed by atoms with Crippen molar-refractivity contribution in [2.24, 2.45) is 0 Å². The summed E-state index contributed by atoms with van der Waals surface area (Å²) in [6, 6.07) is 28.4. The molecule has 246 valence electrons. The third-order valence-electron chi connectivity index (χ3n) is 9.57. The van der Waals surface area contributed by atoms with Gasteiger partial charge in [0.1, 0.15) is 0 Å². The van der Waals surface area contributed by atoms with Gasteiger partial charge < -0.3 is 0 Å². The molecule has 3 heterocycles. The van der Waals surface area contributed by atoms with Gasteiger partial charge in [0.15, 0.2) is 0 Å². The molecule has 0 amide bonds. The fraction of sp³-hybridized carbons (Fsp3) is 0.472. The van der Waals surface area contributed by atoms with Gasteiger partial charge in [0.05, 0.1) is 0 Å². The fourth-order valence-electron chi connectivity index (χ4n) is 7.67. The molecule has 46 heavy (non-hydrogen) atoms. The molecule has 0 N–H and O–H groups in total. The second-order valence-corrected chi connectivity index (χ2v) is 16.8. The van der Waals surface area contributed by atoms with Gasteiger partial charge in [0.25, 0.3) is 0 Å². The summed E-state index contributed by atoms with van der Waals surface area (Å²) in [4.78, 5) is 0. The van der Waals surface area contributed by atoms with Crippen LogP contribution < -0.4 is 9.47 Å². The van der Waals surface area contributed by atoms with Crippen molar-refractivity contribution in [1.82, 2.24) is 4.67 Å². The van der Waals surface area contributed by atoms with Crippen LogP contribution in [0.25, 0.3) is 0 Å². The Morgan fingerprint density at radius 1 is 1.00 bits per heavy atom. The molecule has 6 rings (SSSR count). The van der Waals surface area contributed by atoms with Crippen LogP contribution in [-0.4, -0.2) is 75.2 Å². The number of methoxy groups -OCH3 is 2. The zero-order chi connectivity index (χ0) is 32.4. The Morgan fingerprint density at radius 2 is 1.65 bits per heavy atom. The van der Waals surface area contributed by atoms with Gasteiger partial charge in [-0.1, -0.05) is 0 Å². The van der Waals surface area contributed by atoms with Gasteiger partial charge in [0, 0.05) is 0 Å². The van der Waals surface area contributed by atoms with Crippen LogP contribution in [0.5, 0.6) is 11.5 Å². The quantitative estimate of drug-likeness (QED) is 0.119. The number of benzene rings is 3. The maximum absolute atomic E-state index is 9.48. The topological polar surface area (TPSA) is 91.6 Å². The Labute approximate surface area is 272 Å². The number of nitriles is 1. The zero-order valence-electron chi connectivity index (χ0n) is 27.4. The van der Waals surface area contributed by atoms with Crippen molar-refractivity contribution in [2.75, 3.05) is 46.4 Å². The van der Waals surface area contributed by atoms with E-state index in [1.165, 1.54) is 0 Å². The van der Waals surface area contributed by atoms with E-state index in [1.807, 2.05) is 54.6 Å². The minimum atomic E-state index is -3.61. The minimum absolute atomic E-state index is 0.0184. The molecule has 3 aliphatic rings. The molecule has 0 saturated carbocycles. The van der Waals surface area contributed by atoms with Gasteiger partial charge in [-0.3, -0.25) is 0 Å². The molecule has 9 nitrogen and oxygen atoms in total. The van der Waals surface area contributed by atoms with E-state index in [9.17, 15) is 5.26 Å². The van der Waals surface area contributed by atoms with Gasteiger partial charge in [-0.15, -0.1) is 0 Å². The van der Waals surface area contributed by atoms with Gasteiger partial charge in [-0.25, -0.2) is 0 Å². The monoisotopic (exact) mass is 648 g/mol. The molecule has 0 aromatic heterocycles. The molecule has 10 heteroatoms. The van der Waals surface area contributed by atoms with E-state index in [-0.39, 0.29) is 25.2 Å². The van der Waals surface area contributed by atoms with E-state index in [0.29, 0.717) is 30.9 Å². The fourth-order valence-corrected chi connectivity index (χ4v) is 13.0. The van der Waals surface area contributed by atoms with Crippen molar-refractivity contribution in [2.45, 2.75) is 63.4 Å². The van der Waals surface area contributed by atoms with Gasteiger partial charge >= 0.3 is 273 Å². The van der Waals surface area contributed by atoms with Crippen LogP contribution in [0, 0.1) is 11.3 Å². The number of rotatable bonds is 12. The van der Waals surface area contributed by atoms with Crippen LogP contribution in [0.3, 0.4) is 0 Å². The summed E-state index contributed by atoms with van der Waals surface area (Å²) in [5.74, 6) is 1.29. The van der Waals surface area contributed by atoms with E-state index >= 15 is 0 Å². The van der Waals surface area contributed by atoms with Crippen molar-refractivity contribution in [1.29, 1.82) is 5.26 Å². The summed E-state index contributed by atoms with van der Waals surface area (Å²) in [5, 5.41) is 9.48. The van der Waals surface area contributed by atoms with Crippen molar-refractivity contribution in [3.63, 3.8) is 0 Å². The summed E-state index contributed by atoms with van der Waals surface area (Å²) in [6.07, 6.45) is 1.20. The average molecular weight is 649 g/mol. The number of ether oxygens (including phenoxy) is 5. The SMILES string of the molecule is COc1ccc(C(OC2CP3(OCCC#N)(CCO3)N(C(C)C)C(C)(C3CCO3)O2)(c2ccccc2)c2ccccc2)c(OC)c1. The number of nitrogens with zero attached hydrogens (tertiary/aromatic N) is 2. The second-order valence-electron chi connectivity index (χ2n) is 12.5. The Hall–Kier alpha value is -3.06. The standard InChI is InChI=1S/C36H45N2O7P/c1-27(2)38-35(3,33-19-22-41-33)44-34(26-46(38,24-23-43-46)42-21-12-20-37)45-36(28-13-8-6-9-14-28,29-15-10-7-11-16-29)31-18-17-30(39-4)25-32(31)40-5/h6-11,13-18,25,27,33-34H,12,19,21-24,26H2,1-5H3. The average Bonchev–Trinajstić information content (AvgIpc) is 3.02. The van der Waals surface area contributed by atoms with E-state index in [4.69, 9.17) is 32.7 Å². The van der Waals surface area contributed by atoms with Crippen LogP contribution in [0.4, 0.5) is 0 Å². The first-order chi connectivity index (χ1) is 22.2. The Morgan fingerprint density at radius 3 is 2.13 bits per heavy atom. The summed E-state index contributed by atoms with van der Waals surface area (Å²) >= 11 is 0. The zero-order valence-corrected chi connectivity index (χ0v) is 28.3. The van der Waals surface area contributed by atoms with Crippen molar-refractivity contribution >= 4 is 7.21 Å². The predicted octanol–water partition coefficient (Wildman–Crippen LogP) is 6.84. The van der Waals surface area contributed by atoms with E-state index in [2.05, 4.69) is 55.8 Å². The molecule has 1 spiro atoms. The predicted molar refractivity (Wildman–Crippen MR) is 177 cm³/mol. The molecule has 3 atom stereocenters. The van der Waals surface area contributed by atoms with Crippen LogP contribution in [0.15, 0.2) is 78.9 Å². The number of hydrogen-bond donors (Lipinski definition) is 0. The van der Waals surface area contributed by atoms with Crippen LogP contribution >= 0.6 is 7.21 Å². The molecule has 0 bridgehead atoms. The molecule has 3 fully saturated rings. The molecule has 3 unspecified atom stereocenters. The van der Waals surface area contributed by atoms with Crippen LogP contribution in [0.1, 0.15) is 50.3 Å². The van der Waals surface area contributed by atoms with Crippen LogP contribution in [-0.2, 0) is 28.9 Å². The van der Waals surface area contributed by atoms with Gasteiger partial charge in [-0.05, 0) is 0 Å². The molecule has 0 radical (unpaired) electrons. The first kappa shape index (κ1) is 32.9. The molecule has 3 saturated heterocycles. The first-order valence-corrected chi connectivity index (χ1v) is 18.4. The van der Waals surface area contributed by atoms with E-state index in [0.717, 1.165) is 29.3 Å². The molecular weight excluding hydrogens is 603 g/mol. The molecular formula is C36H45N2O7P. The van der Waals surface area contributed by atoms with Gasteiger partial charge in [0.2, 0.25) is 0 Å². The molecule has 3 aromatic carbocycles. The number of hydrogen-bond acceptors (Lipinski definition) is 9. The van der Waals surface area contributed by atoms with Crippen molar-refractivity contribution in [3.05, 3.63) is 95.6 Å². The van der Waals surface area contributed by atoms with Crippen molar-refractivity contribution < 1.29 is 32.7 Å². The Balaban J connectivity index is 1.57. The summed E-state index contributed by atoms with van der Waals surface area (Å²) < 4.78 is 48.5. The summed E-state index contributed by atoms with van der Waals surface area (Å²) in [5.41, 5.74) is 0.532. The van der Waals surface area contributed by atoms with E-state index < -0.39 is 24.8 Å². The van der Waals surface area contributed by atoms with E-state index in [1.54, 1.807) is 14.2 Å². The Bertz CT molecular complexity index is 1500. The maximum atomic E-state index is 9.48. The second kappa shape index (κ2) is 12.9. The third-order valence-corrected chi connectivity index (χ3v) is 15.0. The van der Waals surface area contributed by atoms with Crippen molar-refractivity contribution in [3.8, 4) is 17.6 Å². The summed E-state index contributed by atoms with van der Waals surface area (Å²) in [7, 11) is -0.311. The first-order valence-electron chi connectivity index (χ1n) is 16.0. The Kier molecular flexibility index (Phi) is 9.19. The molecule has 3 aliphatic heterocycles. The third kappa shape index (κ3) is 5.31. The normalized spacial score (nSPS) is 26.2.